The van der Waals surface area contributed by atoms with Crippen molar-refractivity contribution < 1.29 is 9.47 Å². The van der Waals surface area contributed by atoms with Gasteiger partial charge in [-0.05, 0) is 29.1 Å². The maximum atomic E-state index is 5.09. The fraction of sp³-hybridized carbons (Fsp3) is 0.714. The first kappa shape index (κ1) is 16.8. The summed E-state index contributed by atoms with van der Waals surface area (Å²) in [6.07, 6.45) is 6.82. The summed E-state index contributed by atoms with van der Waals surface area (Å²) in [6.45, 7) is 0.948. The van der Waals surface area contributed by atoms with Crippen LogP contribution in [0.1, 0.15) is 38.5 Å². The summed E-state index contributed by atoms with van der Waals surface area (Å²) in [6, 6.07) is 0. The van der Waals surface area contributed by atoms with Crippen molar-refractivity contribution in [2.75, 3.05) is 24.9 Å². The molecule has 0 aromatic rings. The molecule has 96 valence electrons. The molecule has 0 atom stereocenters. The smallest absolute Gasteiger partial charge is 0.146 e. The number of hydrogen-bond acceptors (Lipinski definition) is 2. The summed E-state index contributed by atoms with van der Waals surface area (Å²) in [4.78, 5) is 0. The Morgan fingerprint density at radius 2 is 1.65 bits per heavy atom. The van der Waals surface area contributed by atoms with E-state index >= 15 is 0 Å². The molecule has 0 heterocycles. The lowest BCUT2D eigenvalue weighted by Gasteiger charge is -1.96. The van der Waals surface area contributed by atoms with Crippen molar-refractivity contribution in [1.29, 1.82) is 0 Å². The third-order valence-electron chi connectivity index (χ3n) is 2.00. The standard InChI is InChI=1S/C14H21IO2/c1-16-14-17-13-11-9-7-5-3-2-4-6-8-10-12-15/h2,4,6,8,10-14H2,1H3. The molecule has 0 N–H and O–H groups in total. The molecule has 0 radical (unpaired) electrons. The largest absolute Gasteiger partial charge is 0.359 e. The van der Waals surface area contributed by atoms with Crippen molar-refractivity contribution in [2.24, 2.45) is 0 Å². The summed E-state index contributed by atoms with van der Waals surface area (Å²) in [5.41, 5.74) is 0. The van der Waals surface area contributed by atoms with Crippen LogP contribution in [-0.2, 0) is 9.47 Å². The SMILES string of the molecule is COCOCCC#CC#CCCCCCCI. The molecule has 0 saturated heterocycles. The number of rotatable bonds is 9. The number of alkyl halides is 1. The zero-order valence-corrected chi connectivity index (χ0v) is 12.7. The van der Waals surface area contributed by atoms with Crippen LogP contribution in [0.2, 0.25) is 0 Å². The minimum Gasteiger partial charge on any atom is -0.359 e. The molecule has 0 aromatic heterocycles. The van der Waals surface area contributed by atoms with Crippen molar-refractivity contribution in [1.82, 2.24) is 0 Å². The van der Waals surface area contributed by atoms with Gasteiger partial charge in [-0.3, -0.25) is 0 Å². The zero-order valence-electron chi connectivity index (χ0n) is 10.6. The first-order chi connectivity index (χ1) is 8.41. The summed E-state index contributed by atoms with van der Waals surface area (Å²) < 4.78 is 11.1. The first-order valence-electron chi connectivity index (χ1n) is 6.00. The van der Waals surface area contributed by atoms with E-state index in [4.69, 9.17) is 9.47 Å². The Morgan fingerprint density at radius 1 is 0.941 bits per heavy atom. The van der Waals surface area contributed by atoms with Gasteiger partial charge in [-0.15, -0.1) is 0 Å². The topological polar surface area (TPSA) is 18.5 Å². The lowest BCUT2D eigenvalue weighted by Crippen LogP contribution is -1.96. The summed E-state index contributed by atoms with van der Waals surface area (Å²) in [5.74, 6) is 11.7. The molecule has 0 aliphatic rings. The van der Waals surface area contributed by atoms with Crippen LogP contribution in [0.15, 0.2) is 0 Å². The summed E-state index contributed by atoms with van der Waals surface area (Å²) >= 11 is 2.42. The molecule has 0 saturated carbocycles. The van der Waals surface area contributed by atoms with E-state index in [-0.39, 0.29) is 0 Å². The van der Waals surface area contributed by atoms with Gasteiger partial charge < -0.3 is 9.47 Å². The monoisotopic (exact) mass is 348 g/mol. The van der Waals surface area contributed by atoms with E-state index in [1.165, 1.54) is 30.1 Å². The van der Waals surface area contributed by atoms with Gasteiger partial charge in [0, 0.05) is 20.0 Å². The molecule has 0 aromatic carbocycles. The van der Waals surface area contributed by atoms with Gasteiger partial charge in [0.2, 0.25) is 0 Å². The first-order valence-corrected chi connectivity index (χ1v) is 7.52. The van der Waals surface area contributed by atoms with E-state index in [0.717, 1.165) is 6.42 Å². The van der Waals surface area contributed by atoms with Crippen LogP contribution >= 0.6 is 22.6 Å². The van der Waals surface area contributed by atoms with Gasteiger partial charge >= 0.3 is 0 Å². The van der Waals surface area contributed by atoms with Crippen molar-refractivity contribution in [2.45, 2.75) is 38.5 Å². The van der Waals surface area contributed by atoms with Gasteiger partial charge in [-0.25, -0.2) is 0 Å². The fourth-order valence-corrected chi connectivity index (χ4v) is 1.68. The second-order valence-corrected chi connectivity index (χ2v) is 4.60. The Labute approximate surface area is 119 Å². The lowest BCUT2D eigenvalue weighted by molar-refractivity contribution is -0.0281. The predicted octanol–water partition coefficient (Wildman–Crippen LogP) is 3.39. The van der Waals surface area contributed by atoms with E-state index in [2.05, 4.69) is 46.3 Å². The normalized spacial score (nSPS) is 9.06. The molecule has 0 unspecified atom stereocenters. The number of methoxy groups -OCH3 is 1. The van der Waals surface area contributed by atoms with E-state index in [1.807, 2.05) is 0 Å². The number of ether oxygens (including phenoxy) is 2. The molecule has 0 bridgehead atoms. The molecule has 3 heteroatoms. The Hall–Kier alpha value is -0.230. The fourth-order valence-electron chi connectivity index (χ4n) is 1.14. The van der Waals surface area contributed by atoms with E-state index in [1.54, 1.807) is 7.11 Å². The van der Waals surface area contributed by atoms with Crippen LogP contribution in [0.25, 0.3) is 0 Å². The number of hydrogen-bond donors (Lipinski definition) is 0. The molecule has 0 spiro atoms. The Bertz CT molecular complexity index is 267. The van der Waals surface area contributed by atoms with Crippen molar-refractivity contribution in [3.05, 3.63) is 0 Å². The van der Waals surface area contributed by atoms with Gasteiger partial charge in [0.25, 0.3) is 0 Å². The Balaban J connectivity index is 3.26. The number of halogens is 1. The molecule has 2 nitrogen and oxygen atoms in total. The minimum atomic E-state index is 0.338. The van der Waals surface area contributed by atoms with Gasteiger partial charge in [-0.1, -0.05) is 47.3 Å². The predicted molar refractivity (Wildman–Crippen MR) is 80.0 cm³/mol. The highest BCUT2D eigenvalue weighted by Crippen LogP contribution is 2.03. The zero-order chi connectivity index (χ0) is 12.6. The van der Waals surface area contributed by atoms with Crippen LogP contribution in [0.4, 0.5) is 0 Å². The number of unbranched alkanes of at least 4 members (excludes halogenated alkanes) is 4. The highest BCUT2D eigenvalue weighted by atomic mass is 127. The van der Waals surface area contributed by atoms with Gasteiger partial charge in [0.15, 0.2) is 0 Å². The van der Waals surface area contributed by atoms with Crippen LogP contribution in [-0.4, -0.2) is 24.9 Å². The van der Waals surface area contributed by atoms with Gasteiger partial charge in [-0.2, -0.15) is 0 Å². The molecule has 0 aliphatic carbocycles. The van der Waals surface area contributed by atoms with E-state index in [9.17, 15) is 0 Å². The highest BCUT2D eigenvalue weighted by molar-refractivity contribution is 14.1. The average Bonchev–Trinajstić information content (AvgIpc) is 2.35. The molecule has 0 amide bonds. The average molecular weight is 348 g/mol. The summed E-state index contributed by atoms with van der Waals surface area (Å²) in [5, 5.41) is 0. The van der Waals surface area contributed by atoms with Crippen molar-refractivity contribution in [3.8, 4) is 23.7 Å². The lowest BCUT2D eigenvalue weighted by atomic mass is 10.2. The van der Waals surface area contributed by atoms with Gasteiger partial charge in [0.05, 0.1) is 6.61 Å². The Kier molecular flexibility index (Phi) is 15.6. The maximum Gasteiger partial charge on any atom is 0.146 e. The molecular formula is C14H21IO2. The van der Waals surface area contributed by atoms with Crippen LogP contribution in [0.5, 0.6) is 0 Å². The van der Waals surface area contributed by atoms with Crippen molar-refractivity contribution >= 4 is 22.6 Å². The second kappa shape index (κ2) is 15.8. The second-order valence-electron chi connectivity index (χ2n) is 3.52. The molecule has 0 fully saturated rings. The molecule has 0 rings (SSSR count). The Morgan fingerprint density at radius 3 is 2.35 bits per heavy atom. The third kappa shape index (κ3) is 15.8. The van der Waals surface area contributed by atoms with Gasteiger partial charge in [0.1, 0.15) is 6.79 Å². The third-order valence-corrected chi connectivity index (χ3v) is 2.76. The minimum absolute atomic E-state index is 0.338. The molecule has 0 aliphatic heterocycles. The van der Waals surface area contributed by atoms with Crippen LogP contribution < -0.4 is 0 Å². The van der Waals surface area contributed by atoms with E-state index in [0.29, 0.717) is 19.8 Å². The molecule has 17 heavy (non-hydrogen) atoms. The van der Waals surface area contributed by atoms with Crippen LogP contribution in [0.3, 0.4) is 0 Å². The molecular weight excluding hydrogens is 327 g/mol. The maximum absolute atomic E-state index is 5.09. The quantitative estimate of drug-likeness (QED) is 0.209. The van der Waals surface area contributed by atoms with Crippen LogP contribution in [0, 0.1) is 23.7 Å². The van der Waals surface area contributed by atoms with E-state index < -0.39 is 0 Å². The van der Waals surface area contributed by atoms with Crippen molar-refractivity contribution in [3.63, 3.8) is 0 Å². The summed E-state index contributed by atoms with van der Waals surface area (Å²) in [7, 11) is 1.61. The highest BCUT2D eigenvalue weighted by Gasteiger charge is 1.86.